The van der Waals surface area contributed by atoms with Crippen LogP contribution >= 0.6 is 0 Å². The molecule has 29 heavy (non-hydrogen) atoms. The highest BCUT2D eigenvalue weighted by atomic mass is 16.5. The van der Waals surface area contributed by atoms with E-state index in [1.807, 2.05) is 36.4 Å². The first-order valence-electron chi connectivity index (χ1n) is 10.9. The van der Waals surface area contributed by atoms with E-state index < -0.39 is 11.6 Å². The van der Waals surface area contributed by atoms with Crippen LogP contribution in [0.25, 0.3) is 0 Å². The fourth-order valence-electron chi connectivity index (χ4n) is 3.42. The topological polar surface area (TPSA) is 49.8 Å². The van der Waals surface area contributed by atoms with E-state index in [-0.39, 0.29) is 0 Å². The summed E-state index contributed by atoms with van der Waals surface area (Å²) in [5.74, 6) is -0.622. The number of hydrogen-bond acceptors (Lipinski definition) is 4. The number of rotatable bonds is 13. The van der Waals surface area contributed by atoms with Crippen LogP contribution in [-0.2, 0) is 15.1 Å². The second-order valence-corrected chi connectivity index (χ2v) is 7.48. The number of unbranched alkanes of at least 4 members (excludes halogenated alkanes) is 2. The molecule has 4 nitrogen and oxygen atoms in total. The largest absolute Gasteiger partial charge is 0.463 e. The third kappa shape index (κ3) is 6.69. The molecule has 0 aliphatic carbocycles. The normalized spacial score (nSPS) is 11.6. The predicted molar refractivity (Wildman–Crippen MR) is 118 cm³/mol. The van der Waals surface area contributed by atoms with Crippen molar-refractivity contribution in [3.63, 3.8) is 0 Å². The highest BCUT2D eigenvalue weighted by Gasteiger charge is 2.41. The number of carbonyl (C=O) groups excluding carboxylic acids is 1. The molecule has 4 heteroatoms. The lowest BCUT2D eigenvalue weighted by Crippen LogP contribution is -2.39. The lowest BCUT2D eigenvalue weighted by atomic mass is 9.86. The van der Waals surface area contributed by atoms with Crippen molar-refractivity contribution in [3.05, 3.63) is 71.8 Å². The third-order valence-corrected chi connectivity index (χ3v) is 5.19. The number of ether oxygens (including phenoxy) is 1. The maximum atomic E-state index is 13.0. The molecule has 1 N–H and O–H groups in total. The standard InChI is InChI=1S/C25H35NO3/c1-3-5-18-26(19-6-4-2)20-13-21-29-24(27)25(28,22-14-9-7-10-15-22)23-16-11-8-12-17-23/h7-12,14-17,28H,3-6,13,18-21H2,1-2H3. The van der Waals surface area contributed by atoms with Crippen LogP contribution in [0.15, 0.2) is 60.7 Å². The summed E-state index contributed by atoms with van der Waals surface area (Å²) in [6.45, 7) is 7.78. The number of esters is 1. The van der Waals surface area contributed by atoms with E-state index in [9.17, 15) is 9.90 Å². The molecule has 0 spiro atoms. The van der Waals surface area contributed by atoms with Gasteiger partial charge in [0.1, 0.15) is 0 Å². The van der Waals surface area contributed by atoms with Crippen molar-refractivity contribution < 1.29 is 14.6 Å². The molecular formula is C25H35NO3. The molecule has 0 amide bonds. The van der Waals surface area contributed by atoms with Crippen molar-refractivity contribution in [1.82, 2.24) is 4.90 Å². The summed E-state index contributed by atoms with van der Waals surface area (Å²) in [4.78, 5) is 15.4. The fourth-order valence-corrected chi connectivity index (χ4v) is 3.42. The van der Waals surface area contributed by atoms with Crippen LogP contribution in [0.5, 0.6) is 0 Å². The molecule has 0 aliphatic rings. The van der Waals surface area contributed by atoms with E-state index in [0.29, 0.717) is 17.7 Å². The van der Waals surface area contributed by atoms with E-state index in [0.717, 1.165) is 26.1 Å². The molecule has 0 fully saturated rings. The average Bonchev–Trinajstić information content (AvgIpc) is 2.78. The SMILES string of the molecule is CCCCN(CCCC)CCCOC(=O)C(O)(c1ccccc1)c1ccccc1. The Bertz CT molecular complexity index is 655. The zero-order valence-corrected chi connectivity index (χ0v) is 17.8. The van der Waals surface area contributed by atoms with E-state index in [1.165, 1.54) is 25.7 Å². The second kappa shape index (κ2) is 12.4. The first-order chi connectivity index (χ1) is 14.1. The van der Waals surface area contributed by atoms with Gasteiger partial charge >= 0.3 is 5.97 Å². The van der Waals surface area contributed by atoms with Crippen LogP contribution in [0.3, 0.4) is 0 Å². The molecule has 0 heterocycles. The van der Waals surface area contributed by atoms with Crippen molar-refractivity contribution in [2.45, 2.75) is 51.6 Å². The van der Waals surface area contributed by atoms with Gasteiger partial charge in [0.25, 0.3) is 0 Å². The first-order valence-corrected chi connectivity index (χ1v) is 10.9. The number of nitrogens with zero attached hydrogens (tertiary/aromatic N) is 1. The van der Waals surface area contributed by atoms with Crippen LogP contribution in [0.4, 0.5) is 0 Å². The van der Waals surface area contributed by atoms with Crippen LogP contribution in [0, 0.1) is 0 Å². The lowest BCUT2D eigenvalue weighted by Gasteiger charge is -2.27. The Morgan fingerprint density at radius 1 is 0.828 bits per heavy atom. The minimum atomic E-state index is -1.80. The molecule has 0 atom stereocenters. The summed E-state index contributed by atoms with van der Waals surface area (Å²) in [7, 11) is 0. The van der Waals surface area contributed by atoms with Gasteiger partial charge in [0.15, 0.2) is 0 Å². The van der Waals surface area contributed by atoms with Crippen molar-refractivity contribution in [2.75, 3.05) is 26.2 Å². The second-order valence-electron chi connectivity index (χ2n) is 7.48. The maximum absolute atomic E-state index is 13.0. The van der Waals surface area contributed by atoms with Crippen LogP contribution in [0.2, 0.25) is 0 Å². The number of aliphatic hydroxyl groups is 1. The quantitative estimate of drug-likeness (QED) is 0.391. The summed E-state index contributed by atoms with van der Waals surface area (Å²) in [5, 5.41) is 11.4. The Hall–Kier alpha value is -2.17. The summed E-state index contributed by atoms with van der Waals surface area (Å²) in [5.41, 5.74) is -0.764. The summed E-state index contributed by atoms with van der Waals surface area (Å²) >= 11 is 0. The average molecular weight is 398 g/mol. The van der Waals surface area contributed by atoms with Gasteiger partial charge in [-0.05, 0) is 43.5 Å². The Kier molecular flexibility index (Phi) is 9.89. The van der Waals surface area contributed by atoms with Crippen molar-refractivity contribution in [3.8, 4) is 0 Å². The smallest absolute Gasteiger partial charge is 0.347 e. The molecule has 0 aliphatic heterocycles. The Morgan fingerprint density at radius 3 is 1.72 bits per heavy atom. The van der Waals surface area contributed by atoms with E-state index >= 15 is 0 Å². The van der Waals surface area contributed by atoms with Gasteiger partial charge in [-0.1, -0.05) is 87.4 Å². The molecule has 2 rings (SSSR count). The third-order valence-electron chi connectivity index (χ3n) is 5.19. The molecule has 0 radical (unpaired) electrons. The first kappa shape index (κ1) is 23.1. The number of carbonyl (C=O) groups is 1. The van der Waals surface area contributed by atoms with E-state index in [1.54, 1.807) is 24.3 Å². The van der Waals surface area contributed by atoms with Gasteiger partial charge in [0.05, 0.1) is 6.61 Å². The molecule has 0 unspecified atom stereocenters. The van der Waals surface area contributed by atoms with Crippen molar-refractivity contribution in [2.24, 2.45) is 0 Å². The monoisotopic (exact) mass is 397 g/mol. The minimum absolute atomic E-state index is 0.301. The summed E-state index contributed by atoms with van der Waals surface area (Å²) < 4.78 is 5.56. The predicted octanol–water partition coefficient (Wildman–Crippen LogP) is 4.76. The molecule has 0 saturated heterocycles. The number of hydrogen-bond donors (Lipinski definition) is 1. The molecule has 158 valence electrons. The Labute approximate surface area is 175 Å². The highest BCUT2D eigenvalue weighted by Crippen LogP contribution is 2.31. The Balaban J connectivity index is 2.00. The molecule has 0 bridgehead atoms. The van der Waals surface area contributed by atoms with Crippen LogP contribution in [-0.4, -0.2) is 42.2 Å². The highest BCUT2D eigenvalue weighted by molar-refractivity contribution is 5.85. The lowest BCUT2D eigenvalue weighted by molar-refractivity contribution is -0.162. The summed E-state index contributed by atoms with van der Waals surface area (Å²) in [6.07, 6.45) is 5.49. The van der Waals surface area contributed by atoms with Gasteiger partial charge in [-0.2, -0.15) is 0 Å². The molecule has 2 aromatic carbocycles. The van der Waals surface area contributed by atoms with Gasteiger partial charge < -0.3 is 14.7 Å². The van der Waals surface area contributed by atoms with Crippen molar-refractivity contribution >= 4 is 5.97 Å². The molecular weight excluding hydrogens is 362 g/mol. The van der Waals surface area contributed by atoms with Crippen LogP contribution in [0.1, 0.15) is 57.1 Å². The van der Waals surface area contributed by atoms with E-state index in [2.05, 4.69) is 18.7 Å². The fraction of sp³-hybridized carbons (Fsp3) is 0.480. The minimum Gasteiger partial charge on any atom is -0.463 e. The maximum Gasteiger partial charge on any atom is 0.347 e. The number of benzene rings is 2. The van der Waals surface area contributed by atoms with Gasteiger partial charge in [-0.3, -0.25) is 0 Å². The molecule has 2 aromatic rings. The van der Waals surface area contributed by atoms with Gasteiger partial charge in [0, 0.05) is 6.54 Å². The Morgan fingerprint density at radius 2 is 1.28 bits per heavy atom. The van der Waals surface area contributed by atoms with Gasteiger partial charge in [-0.25, -0.2) is 4.79 Å². The zero-order valence-electron chi connectivity index (χ0n) is 17.8. The van der Waals surface area contributed by atoms with Crippen LogP contribution < -0.4 is 0 Å². The zero-order chi connectivity index (χ0) is 21.0. The van der Waals surface area contributed by atoms with Gasteiger partial charge in [-0.15, -0.1) is 0 Å². The summed E-state index contributed by atoms with van der Waals surface area (Å²) in [6, 6.07) is 18.0. The van der Waals surface area contributed by atoms with Gasteiger partial charge in [0.2, 0.25) is 5.60 Å². The molecule has 0 saturated carbocycles. The van der Waals surface area contributed by atoms with E-state index in [4.69, 9.17) is 4.74 Å². The molecule has 0 aromatic heterocycles. The van der Waals surface area contributed by atoms with Crippen molar-refractivity contribution in [1.29, 1.82) is 0 Å².